The van der Waals surface area contributed by atoms with E-state index in [1.54, 1.807) is 0 Å². The molecule has 24 heavy (non-hydrogen) atoms. The summed E-state index contributed by atoms with van der Waals surface area (Å²) in [7, 11) is 1.88. The van der Waals surface area contributed by atoms with Crippen molar-refractivity contribution in [1.82, 2.24) is 15.5 Å². The summed E-state index contributed by atoms with van der Waals surface area (Å²) in [5, 5.41) is 7.15. The summed E-state index contributed by atoms with van der Waals surface area (Å²) in [4.78, 5) is 7.00. The van der Waals surface area contributed by atoms with Crippen LogP contribution in [0.15, 0.2) is 4.99 Å². The fourth-order valence-corrected chi connectivity index (χ4v) is 4.32. The third-order valence-corrected chi connectivity index (χ3v) is 5.91. The van der Waals surface area contributed by atoms with Gasteiger partial charge in [0.2, 0.25) is 0 Å². The van der Waals surface area contributed by atoms with Gasteiger partial charge in [0, 0.05) is 39.4 Å². The highest BCUT2D eigenvalue weighted by molar-refractivity contribution is 5.79. The maximum atomic E-state index is 5.61. The molecule has 0 aromatic heterocycles. The first-order valence-electron chi connectivity index (χ1n) is 9.99. The normalized spacial score (nSPS) is 24.5. The molecule has 5 nitrogen and oxygen atoms in total. The maximum absolute atomic E-state index is 5.61. The third-order valence-electron chi connectivity index (χ3n) is 5.91. The van der Waals surface area contributed by atoms with Crippen LogP contribution >= 0.6 is 0 Å². The summed E-state index contributed by atoms with van der Waals surface area (Å²) in [6.07, 6.45) is 9.13. The van der Waals surface area contributed by atoms with Gasteiger partial charge in [0.25, 0.3) is 0 Å². The summed E-state index contributed by atoms with van der Waals surface area (Å²) in [6, 6.07) is 0.659. The van der Waals surface area contributed by atoms with E-state index in [2.05, 4.69) is 34.4 Å². The number of rotatable bonds is 9. The monoisotopic (exact) mass is 338 g/mol. The van der Waals surface area contributed by atoms with Gasteiger partial charge in [0.1, 0.15) is 0 Å². The lowest BCUT2D eigenvalue weighted by atomic mass is 9.83. The van der Waals surface area contributed by atoms with Crippen molar-refractivity contribution in [2.75, 3.05) is 46.4 Å². The van der Waals surface area contributed by atoms with Gasteiger partial charge in [-0.25, -0.2) is 0 Å². The molecular formula is C19H38N4O. The molecule has 0 amide bonds. The quantitative estimate of drug-likeness (QED) is 0.385. The largest absolute Gasteiger partial charge is 0.382 e. The number of hydrogen-bond acceptors (Lipinski definition) is 3. The van der Waals surface area contributed by atoms with Crippen LogP contribution in [0.5, 0.6) is 0 Å². The molecule has 1 aliphatic heterocycles. The predicted molar refractivity (Wildman–Crippen MR) is 102 cm³/mol. The molecule has 1 saturated carbocycles. The first-order valence-corrected chi connectivity index (χ1v) is 9.99. The van der Waals surface area contributed by atoms with Crippen molar-refractivity contribution >= 4 is 5.96 Å². The average molecular weight is 339 g/mol. The van der Waals surface area contributed by atoms with Gasteiger partial charge in [-0.05, 0) is 57.5 Å². The fourth-order valence-electron chi connectivity index (χ4n) is 4.32. The molecule has 2 rings (SSSR count). The first kappa shape index (κ1) is 19.5. The molecule has 1 atom stereocenters. The van der Waals surface area contributed by atoms with Crippen LogP contribution in [-0.4, -0.2) is 63.3 Å². The van der Waals surface area contributed by atoms with E-state index in [1.807, 2.05) is 7.05 Å². The van der Waals surface area contributed by atoms with Gasteiger partial charge in [-0.1, -0.05) is 19.8 Å². The van der Waals surface area contributed by atoms with Gasteiger partial charge in [-0.2, -0.15) is 0 Å². The van der Waals surface area contributed by atoms with E-state index in [0.29, 0.717) is 11.5 Å². The number of ether oxygens (including phenoxy) is 1. The number of nitrogens with one attached hydrogen (secondary N) is 2. The first-order chi connectivity index (χ1) is 11.7. The predicted octanol–water partition coefficient (Wildman–Crippen LogP) is 2.62. The Kier molecular flexibility index (Phi) is 8.33. The summed E-state index contributed by atoms with van der Waals surface area (Å²) in [6.45, 7) is 10.5. The minimum absolute atomic E-state index is 0.398. The molecule has 2 N–H and O–H groups in total. The average Bonchev–Trinajstić information content (AvgIpc) is 3.25. The van der Waals surface area contributed by atoms with Crippen molar-refractivity contribution in [1.29, 1.82) is 0 Å². The summed E-state index contributed by atoms with van der Waals surface area (Å²) in [5.41, 5.74) is 0.398. The van der Waals surface area contributed by atoms with Crippen LogP contribution in [0.4, 0.5) is 0 Å². The number of likely N-dealkylation sites (tertiary alicyclic amines) is 1. The lowest BCUT2D eigenvalue weighted by Gasteiger charge is -2.30. The molecular weight excluding hydrogens is 300 g/mol. The van der Waals surface area contributed by atoms with Crippen molar-refractivity contribution < 1.29 is 4.74 Å². The van der Waals surface area contributed by atoms with Crippen molar-refractivity contribution in [2.45, 2.75) is 64.8 Å². The number of hydrogen-bond donors (Lipinski definition) is 2. The molecule has 0 aromatic rings. The van der Waals surface area contributed by atoms with Crippen LogP contribution < -0.4 is 10.6 Å². The topological polar surface area (TPSA) is 48.9 Å². The van der Waals surface area contributed by atoms with Crippen molar-refractivity contribution in [2.24, 2.45) is 10.4 Å². The van der Waals surface area contributed by atoms with Gasteiger partial charge in [0.05, 0.1) is 0 Å². The zero-order valence-corrected chi connectivity index (χ0v) is 16.1. The van der Waals surface area contributed by atoms with Gasteiger partial charge in [0.15, 0.2) is 5.96 Å². The van der Waals surface area contributed by atoms with E-state index >= 15 is 0 Å². The Morgan fingerprint density at radius 3 is 2.67 bits per heavy atom. The molecule has 5 heteroatoms. The zero-order valence-electron chi connectivity index (χ0n) is 16.1. The zero-order chi connectivity index (χ0) is 17.3. The second-order valence-corrected chi connectivity index (χ2v) is 7.39. The molecule has 140 valence electrons. The van der Waals surface area contributed by atoms with E-state index < -0.39 is 0 Å². The van der Waals surface area contributed by atoms with Gasteiger partial charge in [-0.3, -0.25) is 9.89 Å². The van der Waals surface area contributed by atoms with Crippen LogP contribution in [0.2, 0.25) is 0 Å². The van der Waals surface area contributed by atoms with E-state index in [9.17, 15) is 0 Å². The smallest absolute Gasteiger partial charge is 0.191 e. The standard InChI is InChI=1S/C19H38N4O/c1-4-23-13-8-9-17(23)15-21-18(20-3)22-16-19(10-6-7-11-19)12-14-24-5-2/h17H,4-16H2,1-3H3,(H2,20,21,22). The Morgan fingerprint density at radius 2 is 2.00 bits per heavy atom. The maximum Gasteiger partial charge on any atom is 0.191 e. The van der Waals surface area contributed by atoms with Gasteiger partial charge in [-0.15, -0.1) is 0 Å². The molecule has 1 saturated heterocycles. The number of nitrogens with zero attached hydrogens (tertiary/aromatic N) is 2. The second-order valence-electron chi connectivity index (χ2n) is 7.39. The highest BCUT2D eigenvalue weighted by Gasteiger charge is 2.33. The Morgan fingerprint density at radius 1 is 1.21 bits per heavy atom. The van der Waals surface area contributed by atoms with E-state index in [0.717, 1.165) is 45.2 Å². The van der Waals surface area contributed by atoms with E-state index in [4.69, 9.17) is 4.74 Å². The Hall–Kier alpha value is -0.810. The summed E-state index contributed by atoms with van der Waals surface area (Å²) in [5.74, 6) is 0.959. The number of guanidine groups is 1. The molecule has 0 bridgehead atoms. The van der Waals surface area contributed by atoms with Crippen LogP contribution in [0, 0.1) is 5.41 Å². The molecule has 0 aromatic carbocycles. The van der Waals surface area contributed by atoms with Crippen LogP contribution in [0.3, 0.4) is 0 Å². The highest BCUT2D eigenvalue weighted by Crippen LogP contribution is 2.40. The van der Waals surface area contributed by atoms with Crippen molar-refractivity contribution in [3.05, 3.63) is 0 Å². The fraction of sp³-hybridized carbons (Fsp3) is 0.947. The van der Waals surface area contributed by atoms with Crippen molar-refractivity contribution in [3.63, 3.8) is 0 Å². The Bertz CT molecular complexity index is 380. The minimum Gasteiger partial charge on any atom is -0.382 e. The second kappa shape index (κ2) is 10.2. The van der Waals surface area contributed by atoms with Crippen LogP contribution in [0.1, 0.15) is 58.8 Å². The lowest BCUT2D eigenvalue weighted by molar-refractivity contribution is 0.105. The Labute approximate surface area is 148 Å². The molecule has 2 fully saturated rings. The Balaban J connectivity index is 1.76. The SMILES string of the molecule is CCOCCC1(CNC(=NC)NCC2CCCN2CC)CCCC1. The molecule has 1 unspecified atom stereocenters. The number of likely N-dealkylation sites (N-methyl/N-ethyl adjacent to an activating group) is 1. The van der Waals surface area contributed by atoms with E-state index in [-0.39, 0.29) is 0 Å². The molecule has 2 aliphatic rings. The molecule has 1 aliphatic carbocycles. The number of aliphatic imine (C=N–C) groups is 1. The summed E-state index contributed by atoms with van der Waals surface area (Å²) >= 11 is 0. The summed E-state index contributed by atoms with van der Waals surface area (Å²) < 4.78 is 5.61. The minimum atomic E-state index is 0.398. The van der Waals surface area contributed by atoms with E-state index in [1.165, 1.54) is 45.1 Å². The third kappa shape index (κ3) is 5.62. The molecule has 1 heterocycles. The van der Waals surface area contributed by atoms with Gasteiger partial charge >= 0.3 is 0 Å². The van der Waals surface area contributed by atoms with Crippen LogP contribution in [-0.2, 0) is 4.74 Å². The lowest BCUT2D eigenvalue weighted by Crippen LogP contribution is -2.47. The van der Waals surface area contributed by atoms with Gasteiger partial charge < -0.3 is 15.4 Å². The highest BCUT2D eigenvalue weighted by atomic mass is 16.5. The van der Waals surface area contributed by atoms with Crippen LogP contribution in [0.25, 0.3) is 0 Å². The van der Waals surface area contributed by atoms with Crippen molar-refractivity contribution in [3.8, 4) is 0 Å². The molecule has 0 radical (unpaired) electrons. The molecule has 0 spiro atoms.